The van der Waals surface area contributed by atoms with E-state index < -0.39 is 17.7 Å². The summed E-state index contributed by atoms with van der Waals surface area (Å²) in [5, 5.41) is 11.4. The summed E-state index contributed by atoms with van der Waals surface area (Å²) in [6.45, 7) is 1.85. The number of benzene rings is 1. The molecule has 4 nitrogen and oxygen atoms in total. The zero-order valence-corrected chi connectivity index (χ0v) is 10.8. The average molecular weight is 279 g/mol. The number of carbonyl (C=O) groups excluding carboxylic acids is 1. The topological polar surface area (TPSA) is 66.4 Å². The molecule has 0 aliphatic rings. The molecule has 1 heterocycles. The summed E-state index contributed by atoms with van der Waals surface area (Å²) < 4.78 is 13.1. The number of rotatable bonds is 3. The molecule has 98 valence electrons. The van der Waals surface area contributed by atoms with Crippen molar-refractivity contribution in [1.82, 2.24) is 0 Å². The maximum Gasteiger partial charge on any atom is 0.337 e. The lowest BCUT2D eigenvalue weighted by molar-refractivity contribution is 0.0698. The number of anilines is 1. The number of amides is 1. The molecule has 0 aliphatic carbocycles. The summed E-state index contributed by atoms with van der Waals surface area (Å²) in [7, 11) is 0. The van der Waals surface area contributed by atoms with Crippen LogP contribution in [0.1, 0.15) is 24.9 Å². The normalized spacial score (nSPS) is 10.2. The predicted molar refractivity (Wildman–Crippen MR) is 70.4 cm³/mol. The Morgan fingerprint density at radius 2 is 2.00 bits per heavy atom. The molecule has 0 aliphatic heterocycles. The van der Waals surface area contributed by atoms with E-state index in [0.29, 0.717) is 4.88 Å². The summed E-state index contributed by atoms with van der Waals surface area (Å²) in [5.41, 5.74) is -0.202. The monoisotopic (exact) mass is 279 g/mol. The fraction of sp³-hybridized carbons (Fsp3) is 0.0769. The molecule has 1 aromatic heterocycles. The minimum Gasteiger partial charge on any atom is -0.478 e. The first kappa shape index (κ1) is 13.2. The quantitative estimate of drug-likeness (QED) is 0.907. The van der Waals surface area contributed by atoms with E-state index in [-0.39, 0.29) is 11.3 Å². The molecule has 0 saturated heterocycles. The lowest BCUT2D eigenvalue weighted by Crippen LogP contribution is -2.13. The molecule has 2 N–H and O–H groups in total. The maximum absolute atomic E-state index is 13.1. The Hall–Kier alpha value is -2.21. The van der Waals surface area contributed by atoms with E-state index in [1.54, 1.807) is 12.1 Å². The van der Waals surface area contributed by atoms with Crippen molar-refractivity contribution in [1.29, 1.82) is 0 Å². The van der Waals surface area contributed by atoms with Crippen LogP contribution in [0.25, 0.3) is 0 Å². The lowest BCUT2D eigenvalue weighted by atomic mass is 10.1. The Morgan fingerprint density at radius 3 is 2.58 bits per heavy atom. The first-order chi connectivity index (χ1) is 8.97. The second kappa shape index (κ2) is 5.19. The summed E-state index contributed by atoms with van der Waals surface area (Å²) >= 11 is 1.28. The van der Waals surface area contributed by atoms with Crippen molar-refractivity contribution in [3.05, 3.63) is 51.5 Å². The van der Waals surface area contributed by atoms with Gasteiger partial charge in [-0.25, -0.2) is 9.18 Å². The van der Waals surface area contributed by atoms with Crippen molar-refractivity contribution in [3.63, 3.8) is 0 Å². The van der Waals surface area contributed by atoms with Crippen LogP contribution in [-0.2, 0) is 0 Å². The van der Waals surface area contributed by atoms with E-state index in [4.69, 9.17) is 5.11 Å². The largest absolute Gasteiger partial charge is 0.478 e. The standard InChI is InChI=1S/C13H10FNO3S/c1-7-2-5-11(19-7)12(16)15-10-6-8(14)3-4-9(10)13(17)18/h2-6H,1H3,(H,15,16)(H,17,18). The number of hydrogen-bond acceptors (Lipinski definition) is 3. The molecular weight excluding hydrogens is 269 g/mol. The Labute approximate surface area is 112 Å². The molecule has 2 rings (SSSR count). The van der Waals surface area contributed by atoms with Gasteiger partial charge >= 0.3 is 5.97 Å². The number of nitrogens with one attached hydrogen (secondary N) is 1. The van der Waals surface area contributed by atoms with Gasteiger partial charge in [0.05, 0.1) is 16.1 Å². The van der Waals surface area contributed by atoms with E-state index >= 15 is 0 Å². The van der Waals surface area contributed by atoms with Gasteiger partial charge in [-0.2, -0.15) is 0 Å². The zero-order chi connectivity index (χ0) is 14.0. The van der Waals surface area contributed by atoms with Crippen LogP contribution >= 0.6 is 11.3 Å². The van der Waals surface area contributed by atoms with Gasteiger partial charge in [-0.1, -0.05) is 0 Å². The number of halogens is 1. The average Bonchev–Trinajstić information content (AvgIpc) is 2.75. The molecule has 6 heteroatoms. The van der Waals surface area contributed by atoms with Crippen molar-refractivity contribution in [3.8, 4) is 0 Å². The number of carbonyl (C=O) groups is 2. The second-order valence-corrected chi connectivity index (χ2v) is 5.15. The highest BCUT2D eigenvalue weighted by molar-refractivity contribution is 7.14. The van der Waals surface area contributed by atoms with Gasteiger partial charge in [0.25, 0.3) is 5.91 Å². The lowest BCUT2D eigenvalue weighted by Gasteiger charge is -2.07. The van der Waals surface area contributed by atoms with Crippen LogP contribution in [0.3, 0.4) is 0 Å². The maximum atomic E-state index is 13.1. The molecular formula is C13H10FNO3S. The summed E-state index contributed by atoms with van der Waals surface area (Å²) in [4.78, 5) is 24.3. The van der Waals surface area contributed by atoms with Crippen LogP contribution in [0, 0.1) is 12.7 Å². The smallest absolute Gasteiger partial charge is 0.337 e. The molecule has 0 radical (unpaired) electrons. The highest BCUT2D eigenvalue weighted by atomic mass is 32.1. The molecule has 0 unspecified atom stereocenters. The molecule has 1 amide bonds. The molecule has 1 aromatic carbocycles. The fourth-order valence-electron chi connectivity index (χ4n) is 1.55. The van der Waals surface area contributed by atoms with Gasteiger partial charge in [0.2, 0.25) is 0 Å². The number of carboxylic acid groups (broad SMARTS) is 1. The Kier molecular flexibility index (Phi) is 3.62. The van der Waals surface area contributed by atoms with Gasteiger partial charge in [0.1, 0.15) is 5.82 Å². The highest BCUT2D eigenvalue weighted by Crippen LogP contribution is 2.21. The third-order valence-electron chi connectivity index (χ3n) is 2.42. The Balaban J connectivity index is 2.30. The summed E-state index contributed by atoms with van der Waals surface area (Å²) in [5.74, 6) is -2.29. The highest BCUT2D eigenvalue weighted by Gasteiger charge is 2.15. The number of aromatic carboxylic acids is 1. The minimum absolute atomic E-state index is 0.0523. The van der Waals surface area contributed by atoms with Crippen LogP contribution in [0.4, 0.5) is 10.1 Å². The third-order valence-corrected chi connectivity index (χ3v) is 3.42. The molecule has 0 bridgehead atoms. The van der Waals surface area contributed by atoms with E-state index in [1.165, 1.54) is 11.3 Å². The molecule has 0 spiro atoms. The van der Waals surface area contributed by atoms with Gasteiger partial charge in [-0.15, -0.1) is 11.3 Å². The van der Waals surface area contributed by atoms with Crippen LogP contribution in [0.15, 0.2) is 30.3 Å². The Morgan fingerprint density at radius 1 is 1.26 bits per heavy atom. The minimum atomic E-state index is -1.22. The predicted octanol–water partition coefficient (Wildman–Crippen LogP) is 3.15. The number of aryl methyl sites for hydroxylation is 1. The van der Waals surface area contributed by atoms with E-state index in [0.717, 1.165) is 23.1 Å². The van der Waals surface area contributed by atoms with E-state index in [2.05, 4.69) is 5.32 Å². The van der Waals surface area contributed by atoms with Crippen LogP contribution < -0.4 is 5.32 Å². The Bertz CT molecular complexity index is 651. The van der Waals surface area contributed by atoms with Crippen LogP contribution in [0.2, 0.25) is 0 Å². The number of thiophene rings is 1. The summed E-state index contributed by atoms with van der Waals surface area (Å²) in [6, 6.07) is 6.56. The van der Waals surface area contributed by atoms with Crippen molar-refractivity contribution in [2.45, 2.75) is 6.92 Å². The number of hydrogen-bond donors (Lipinski definition) is 2. The second-order valence-electron chi connectivity index (χ2n) is 3.86. The third kappa shape index (κ3) is 2.97. The number of carboxylic acids is 1. The first-order valence-electron chi connectivity index (χ1n) is 5.38. The van der Waals surface area contributed by atoms with Gasteiger partial charge in [0.15, 0.2) is 0 Å². The zero-order valence-electron chi connectivity index (χ0n) is 9.94. The molecule has 2 aromatic rings. The van der Waals surface area contributed by atoms with Crippen LogP contribution in [-0.4, -0.2) is 17.0 Å². The van der Waals surface area contributed by atoms with E-state index in [1.807, 2.05) is 6.92 Å². The van der Waals surface area contributed by atoms with Gasteiger partial charge < -0.3 is 10.4 Å². The molecule has 0 fully saturated rings. The van der Waals surface area contributed by atoms with Crippen molar-refractivity contribution in [2.75, 3.05) is 5.32 Å². The van der Waals surface area contributed by atoms with Crippen LogP contribution in [0.5, 0.6) is 0 Å². The summed E-state index contributed by atoms with van der Waals surface area (Å²) in [6.07, 6.45) is 0. The van der Waals surface area contributed by atoms with Gasteiger partial charge in [-0.3, -0.25) is 4.79 Å². The molecule has 0 atom stereocenters. The van der Waals surface area contributed by atoms with Gasteiger partial charge in [-0.05, 0) is 37.3 Å². The fourth-order valence-corrected chi connectivity index (χ4v) is 2.31. The van der Waals surface area contributed by atoms with Crippen molar-refractivity contribution in [2.24, 2.45) is 0 Å². The van der Waals surface area contributed by atoms with Crippen molar-refractivity contribution < 1.29 is 19.1 Å². The SMILES string of the molecule is Cc1ccc(C(=O)Nc2cc(F)ccc2C(=O)O)s1. The first-order valence-corrected chi connectivity index (χ1v) is 6.19. The molecule has 19 heavy (non-hydrogen) atoms. The van der Waals surface area contributed by atoms with Crippen molar-refractivity contribution >= 4 is 28.9 Å². The molecule has 0 saturated carbocycles. The van der Waals surface area contributed by atoms with Gasteiger partial charge in [0, 0.05) is 4.88 Å². The van der Waals surface area contributed by atoms with E-state index in [9.17, 15) is 14.0 Å².